The largest absolute Gasteiger partial charge is 0.312 e. The molecule has 0 aromatic heterocycles. The maximum absolute atomic E-state index is 13.5. The van der Waals surface area contributed by atoms with E-state index >= 15 is 0 Å². The van der Waals surface area contributed by atoms with Gasteiger partial charge in [-0.15, -0.1) is 0 Å². The number of benzene rings is 4. The van der Waals surface area contributed by atoms with Crippen molar-refractivity contribution in [2.24, 2.45) is 0 Å². The van der Waals surface area contributed by atoms with Gasteiger partial charge in [0.2, 0.25) is 11.8 Å². The van der Waals surface area contributed by atoms with Crippen molar-refractivity contribution in [2.45, 2.75) is 117 Å². The van der Waals surface area contributed by atoms with Crippen molar-refractivity contribution < 1.29 is 9.59 Å². The summed E-state index contributed by atoms with van der Waals surface area (Å²) in [6.07, 6.45) is 4.89. The maximum Gasteiger partial charge on any atom is 0.226 e. The first kappa shape index (κ1) is 35.6. The minimum Gasteiger partial charge on any atom is -0.312 e. The molecule has 4 aromatic rings. The third-order valence-electron chi connectivity index (χ3n) is 10.5. The molecule has 2 aliphatic heterocycles. The number of carbonyl (C=O) groups excluding carboxylic acids is 2. The van der Waals surface area contributed by atoms with Crippen molar-refractivity contribution in [3.63, 3.8) is 0 Å². The predicted molar refractivity (Wildman–Crippen MR) is 211 cm³/mol. The van der Waals surface area contributed by atoms with E-state index in [4.69, 9.17) is 0 Å². The van der Waals surface area contributed by atoms with Crippen molar-refractivity contribution in [2.75, 3.05) is 22.9 Å². The number of anilines is 2. The molecule has 2 fully saturated rings. The van der Waals surface area contributed by atoms with Crippen molar-refractivity contribution in [3.8, 4) is 33.4 Å². The second-order valence-electron chi connectivity index (χ2n) is 17.5. The average Bonchev–Trinajstić information content (AvgIpc) is 3.06. The number of hydrogen-bond donors (Lipinski definition) is 0. The van der Waals surface area contributed by atoms with Gasteiger partial charge in [-0.3, -0.25) is 9.59 Å². The lowest BCUT2D eigenvalue weighted by atomic mass is 9.74. The molecule has 2 aliphatic rings. The minimum absolute atomic E-state index is 0.0947. The van der Waals surface area contributed by atoms with E-state index in [2.05, 4.69) is 141 Å². The molecule has 0 radical (unpaired) electrons. The van der Waals surface area contributed by atoms with Gasteiger partial charge in [-0.1, -0.05) is 111 Å². The molecule has 4 heteroatoms. The number of rotatable bonds is 5. The summed E-state index contributed by atoms with van der Waals surface area (Å²) in [4.78, 5) is 30.9. The van der Waals surface area contributed by atoms with Gasteiger partial charge < -0.3 is 9.80 Å². The summed E-state index contributed by atoms with van der Waals surface area (Å²) in [5.74, 6) is 0.313. The number of piperidine rings is 2. The summed E-state index contributed by atoms with van der Waals surface area (Å²) in [5.41, 5.74) is 12.3. The Morgan fingerprint density at radius 1 is 0.480 bits per heavy atom. The van der Waals surface area contributed by atoms with E-state index in [1.165, 1.54) is 38.9 Å². The molecule has 2 saturated heterocycles. The van der Waals surface area contributed by atoms with Crippen LogP contribution in [0.1, 0.15) is 118 Å². The third kappa shape index (κ3) is 7.18. The highest BCUT2D eigenvalue weighted by Crippen LogP contribution is 2.49. The molecule has 0 N–H and O–H groups in total. The summed E-state index contributed by atoms with van der Waals surface area (Å²) >= 11 is 0. The molecule has 0 saturated carbocycles. The molecule has 4 nitrogen and oxygen atoms in total. The fraction of sp³-hybridized carbons (Fsp3) is 0.435. The fourth-order valence-corrected chi connectivity index (χ4v) is 7.76. The molecule has 0 unspecified atom stereocenters. The molecule has 0 aliphatic carbocycles. The SMILES string of the molecule is CC(C)(C)c1cc(-c2ccccc2C(C)(C)C)c(-c2cc(N3CCCCC3=O)cc(N3CCCCC3=O)c2)c(-c2ccccc2C(C)(C)C)c1. The van der Waals surface area contributed by atoms with E-state index in [0.29, 0.717) is 25.9 Å². The molecule has 2 heterocycles. The molecule has 2 amide bonds. The Kier molecular flexibility index (Phi) is 9.63. The first-order valence-electron chi connectivity index (χ1n) is 18.7. The Balaban J connectivity index is 1.78. The van der Waals surface area contributed by atoms with Crippen molar-refractivity contribution in [3.05, 3.63) is 95.6 Å². The molecule has 0 atom stereocenters. The lowest BCUT2D eigenvalue weighted by molar-refractivity contribution is -0.120. The highest BCUT2D eigenvalue weighted by Gasteiger charge is 2.30. The molecule has 4 aromatic carbocycles. The van der Waals surface area contributed by atoms with Gasteiger partial charge in [0.1, 0.15) is 0 Å². The highest BCUT2D eigenvalue weighted by molar-refractivity contribution is 6.02. The van der Waals surface area contributed by atoms with Crippen LogP contribution < -0.4 is 9.80 Å². The quantitative estimate of drug-likeness (QED) is 0.212. The number of carbonyl (C=O) groups is 2. The Labute approximate surface area is 300 Å². The number of nitrogens with zero attached hydrogens (tertiary/aromatic N) is 2. The van der Waals surface area contributed by atoms with Gasteiger partial charge in [0, 0.05) is 37.3 Å². The van der Waals surface area contributed by atoms with Crippen LogP contribution in [0.15, 0.2) is 78.9 Å². The van der Waals surface area contributed by atoms with Crippen LogP contribution in [-0.2, 0) is 25.8 Å². The molecule has 0 spiro atoms. The van der Waals surface area contributed by atoms with Gasteiger partial charge in [-0.25, -0.2) is 0 Å². The average molecular weight is 669 g/mol. The summed E-state index contributed by atoms with van der Waals surface area (Å²) in [5, 5.41) is 0. The van der Waals surface area contributed by atoms with Crippen molar-refractivity contribution >= 4 is 23.2 Å². The topological polar surface area (TPSA) is 40.6 Å². The van der Waals surface area contributed by atoms with Gasteiger partial charge in [0.25, 0.3) is 0 Å². The van der Waals surface area contributed by atoms with Crippen LogP contribution in [0.2, 0.25) is 0 Å². The summed E-state index contributed by atoms with van der Waals surface area (Å²) < 4.78 is 0. The first-order chi connectivity index (χ1) is 23.5. The van der Waals surface area contributed by atoms with Crippen LogP contribution in [0.4, 0.5) is 11.4 Å². The van der Waals surface area contributed by atoms with Crippen LogP contribution in [0, 0.1) is 0 Å². The van der Waals surface area contributed by atoms with Gasteiger partial charge in [0.05, 0.1) is 0 Å². The molecule has 6 rings (SSSR count). The molecular formula is C46H56N2O2. The lowest BCUT2D eigenvalue weighted by Crippen LogP contribution is -2.37. The smallest absolute Gasteiger partial charge is 0.226 e. The maximum atomic E-state index is 13.5. The van der Waals surface area contributed by atoms with E-state index in [0.717, 1.165) is 48.2 Å². The van der Waals surface area contributed by atoms with Crippen LogP contribution in [0.3, 0.4) is 0 Å². The zero-order valence-corrected chi connectivity index (χ0v) is 31.9. The Morgan fingerprint density at radius 2 is 0.900 bits per heavy atom. The van der Waals surface area contributed by atoms with E-state index < -0.39 is 0 Å². The first-order valence-corrected chi connectivity index (χ1v) is 18.7. The van der Waals surface area contributed by atoms with E-state index in [-0.39, 0.29) is 28.1 Å². The second kappa shape index (κ2) is 13.5. The van der Waals surface area contributed by atoms with Gasteiger partial charge in [0.15, 0.2) is 0 Å². The normalized spacial score (nSPS) is 16.3. The van der Waals surface area contributed by atoms with Crippen molar-refractivity contribution in [1.82, 2.24) is 0 Å². The van der Waals surface area contributed by atoms with Gasteiger partial charge in [-0.2, -0.15) is 0 Å². The van der Waals surface area contributed by atoms with Crippen LogP contribution in [-0.4, -0.2) is 24.9 Å². The van der Waals surface area contributed by atoms with Gasteiger partial charge >= 0.3 is 0 Å². The van der Waals surface area contributed by atoms with Crippen LogP contribution >= 0.6 is 0 Å². The van der Waals surface area contributed by atoms with E-state index in [1.807, 2.05) is 9.80 Å². The monoisotopic (exact) mass is 668 g/mol. The molecular weight excluding hydrogens is 613 g/mol. The van der Waals surface area contributed by atoms with E-state index in [9.17, 15) is 9.59 Å². The molecule has 262 valence electrons. The minimum atomic E-state index is -0.108. The summed E-state index contributed by atoms with van der Waals surface area (Å²) in [6, 6.07) is 29.1. The summed E-state index contributed by atoms with van der Waals surface area (Å²) in [7, 11) is 0. The Bertz CT molecular complexity index is 1790. The zero-order chi connectivity index (χ0) is 36.0. The van der Waals surface area contributed by atoms with Crippen LogP contribution in [0.25, 0.3) is 33.4 Å². The zero-order valence-electron chi connectivity index (χ0n) is 31.9. The summed E-state index contributed by atoms with van der Waals surface area (Å²) in [6.45, 7) is 22.0. The second-order valence-corrected chi connectivity index (χ2v) is 17.5. The molecule has 0 bridgehead atoms. The van der Waals surface area contributed by atoms with Crippen molar-refractivity contribution in [1.29, 1.82) is 0 Å². The van der Waals surface area contributed by atoms with Gasteiger partial charge in [-0.05, 0) is 122 Å². The Hall–Kier alpha value is -4.18. The Morgan fingerprint density at radius 3 is 1.28 bits per heavy atom. The molecule has 50 heavy (non-hydrogen) atoms. The fourth-order valence-electron chi connectivity index (χ4n) is 7.76. The van der Waals surface area contributed by atoms with E-state index in [1.54, 1.807) is 0 Å². The number of amides is 2. The number of hydrogen-bond acceptors (Lipinski definition) is 2. The predicted octanol–water partition coefficient (Wildman–Crippen LogP) is 11.6. The van der Waals surface area contributed by atoms with Crippen LogP contribution in [0.5, 0.6) is 0 Å². The highest BCUT2D eigenvalue weighted by atomic mass is 16.2. The standard InChI is InChI=1S/C46H56N2O2/c1-44(2,3)32-28-37(35-18-10-12-20-39(35)45(4,5)6)43(38(29-32)36-19-11-13-21-40(36)46(7,8)9)31-26-33(47-24-16-14-22-41(47)49)30-34(27-31)48-25-17-15-23-42(48)50/h10-13,18-21,26-30H,14-17,22-25H2,1-9H3. The third-order valence-corrected chi connectivity index (χ3v) is 10.5. The lowest BCUT2D eigenvalue weighted by Gasteiger charge is -2.33.